The maximum absolute atomic E-state index is 12.4. The predicted octanol–water partition coefficient (Wildman–Crippen LogP) is 2.54. The van der Waals surface area contributed by atoms with Gasteiger partial charge in [0.2, 0.25) is 0 Å². The van der Waals surface area contributed by atoms with Gasteiger partial charge in [-0.05, 0) is 38.0 Å². The van der Waals surface area contributed by atoms with Crippen LogP contribution in [-0.4, -0.2) is 26.8 Å². The fraction of sp³-hybridized carbons (Fsp3) is 0.353. The SMILES string of the molecule is CCCn1nc(C)c(C(=O)NCc2ccc(C(=O)O)cc2)c1C. The molecule has 122 valence electrons. The van der Waals surface area contributed by atoms with Gasteiger partial charge in [-0.1, -0.05) is 19.1 Å². The number of carboxylic acid groups (broad SMARTS) is 1. The van der Waals surface area contributed by atoms with Crippen molar-refractivity contribution in [3.63, 3.8) is 0 Å². The van der Waals surface area contributed by atoms with Crippen LogP contribution in [0.15, 0.2) is 24.3 Å². The minimum absolute atomic E-state index is 0.162. The molecule has 0 fully saturated rings. The molecule has 0 aliphatic rings. The van der Waals surface area contributed by atoms with Gasteiger partial charge < -0.3 is 10.4 Å². The zero-order valence-electron chi connectivity index (χ0n) is 13.6. The number of aryl methyl sites for hydroxylation is 2. The largest absolute Gasteiger partial charge is 0.478 e. The van der Waals surface area contributed by atoms with Crippen LogP contribution in [0.3, 0.4) is 0 Å². The Labute approximate surface area is 135 Å². The summed E-state index contributed by atoms with van der Waals surface area (Å²) in [5, 5.41) is 16.1. The molecule has 1 amide bonds. The molecule has 0 aliphatic carbocycles. The molecule has 23 heavy (non-hydrogen) atoms. The molecule has 1 aromatic carbocycles. The summed E-state index contributed by atoms with van der Waals surface area (Å²) in [7, 11) is 0. The van der Waals surface area contributed by atoms with Gasteiger partial charge in [0.1, 0.15) is 0 Å². The van der Waals surface area contributed by atoms with Crippen molar-refractivity contribution in [3.8, 4) is 0 Å². The van der Waals surface area contributed by atoms with Crippen LogP contribution in [0.2, 0.25) is 0 Å². The number of hydrogen-bond acceptors (Lipinski definition) is 3. The lowest BCUT2D eigenvalue weighted by atomic mass is 10.1. The zero-order chi connectivity index (χ0) is 17.0. The molecular weight excluding hydrogens is 294 g/mol. The Kier molecular flexibility index (Phi) is 5.16. The lowest BCUT2D eigenvalue weighted by Gasteiger charge is -2.07. The van der Waals surface area contributed by atoms with Crippen molar-refractivity contribution in [2.75, 3.05) is 0 Å². The standard InChI is InChI=1S/C17H21N3O3/c1-4-9-20-12(3)15(11(2)19-20)16(21)18-10-13-5-7-14(8-6-13)17(22)23/h5-8H,4,9-10H2,1-3H3,(H,18,21)(H,22,23). The van der Waals surface area contributed by atoms with Crippen LogP contribution >= 0.6 is 0 Å². The molecule has 2 N–H and O–H groups in total. The van der Waals surface area contributed by atoms with Gasteiger partial charge in [-0.2, -0.15) is 5.10 Å². The number of rotatable bonds is 6. The van der Waals surface area contributed by atoms with Crippen molar-refractivity contribution < 1.29 is 14.7 Å². The first-order valence-electron chi connectivity index (χ1n) is 7.58. The number of amides is 1. The maximum atomic E-state index is 12.4. The van der Waals surface area contributed by atoms with Gasteiger partial charge in [0, 0.05) is 18.8 Å². The smallest absolute Gasteiger partial charge is 0.335 e. The summed E-state index contributed by atoms with van der Waals surface area (Å²) in [6, 6.07) is 6.45. The fourth-order valence-electron chi connectivity index (χ4n) is 2.49. The molecule has 2 rings (SSSR count). The molecule has 0 saturated carbocycles. The van der Waals surface area contributed by atoms with Gasteiger partial charge >= 0.3 is 5.97 Å². The number of nitrogens with one attached hydrogen (secondary N) is 1. The molecule has 6 nitrogen and oxygen atoms in total. The molecule has 6 heteroatoms. The first kappa shape index (κ1) is 16.7. The number of aromatic nitrogens is 2. The number of nitrogens with zero attached hydrogens (tertiary/aromatic N) is 2. The van der Waals surface area contributed by atoms with Crippen molar-refractivity contribution in [3.05, 3.63) is 52.3 Å². The van der Waals surface area contributed by atoms with Crippen molar-refractivity contribution in [2.45, 2.75) is 40.3 Å². The summed E-state index contributed by atoms with van der Waals surface area (Å²) in [4.78, 5) is 23.2. The van der Waals surface area contributed by atoms with Crippen LogP contribution in [0, 0.1) is 13.8 Å². The average Bonchev–Trinajstić information content (AvgIpc) is 2.80. The van der Waals surface area contributed by atoms with Gasteiger partial charge in [-0.3, -0.25) is 9.48 Å². The highest BCUT2D eigenvalue weighted by Crippen LogP contribution is 2.14. The van der Waals surface area contributed by atoms with Crippen LogP contribution in [0.1, 0.15) is 51.0 Å². The van der Waals surface area contributed by atoms with E-state index in [2.05, 4.69) is 17.3 Å². The highest BCUT2D eigenvalue weighted by molar-refractivity contribution is 5.96. The molecule has 0 saturated heterocycles. The van der Waals surface area contributed by atoms with Crippen molar-refractivity contribution in [2.24, 2.45) is 0 Å². The normalized spacial score (nSPS) is 10.6. The topological polar surface area (TPSA) is 84.2 Å². The highest BCUT2D eigenvalue weighted by Gasteiger charge is 2.18. The molecule has 1 aromatic heterocycles. The first-order valence-corrected chi connectivity index (χ1v) is 7.58. The molecule has 0 unspecified atom stereocenters. The molecule has 2 aromatic rings. The second kappa shape index (κ2) is 7.09. The molecule has 1 heterocycles. The molecule has 0 aliphatic heterocycles. The summed E-state index contributed by atoms with van der Waals surface area (Å²) in [5.74, 6) is -1.13. The van der Waals surface area contributed by atoms with Gasteiger partial charge in [-0.25, -0.2) is 4.79 Å². The number of hydrogen-bond donors (Lipinski definition) is 2. The fourth-order valence-corrected chi connectivity index (χ4v) is 2.49. The lowest BCUT2D eigenvalue weighted by molar-refractivity contribution is 0.0696. The van der Waals surface area contributed by atoms with E-state index in [0.717, 1.165) is 29.9 Å². The Bertz CT molecular complexity index is 717. The third kappa shape index (κ3) is 3.77. The molecule has 0 spiro atoms. The van der Waals surface area contributed by atoms with E-state index in [9.17, 15) is 9.59 Å². The van der Waals surface area contributed by atoms with Crippen molar-refractivity contribution >= 4 is 11.9 Å². The second-order valence-electron chi connectivity index (χ2n) is 5.45. The van der Waals surface area contributed by atoms with Gasteiger partial charge in [0.25, 0.3) is 5.91 Å². The third-order valence-electron chi connectivity index (χ3n) is 3.70. The lowest BCUT2D eigenvalue weighted by Crippen LogP contribution is -2.24. The summed E-state index contributed by atoms with van der Waals surface area (Å²) >= 11 is 0. The summed E-state index contributed by atoms with van der Waals surface area (Å²) < 4.78 is 1.85. The number of carbonyl (C=O) groups is 2. The third-order valence-corrected chi connectivity index (χ3v) is 3.70. The van der Waals surface area contributed by atoms with E-state index in [1.807, 2.05) is 18.5 Å². The molecule has 0 radical (unpaired) electrons. The summed E-state index contributed by atoms with van der Waals surface area (Å²) in [5.41, 5.74) is 3.27. The molecule has 0 bridgehead atoms. The van der Waals surface area contributed by atoms with Crippen molar-refractivity contribution in [1.82, 2.24) is 15.1 Å². The van der Waals surface area contributed by atoms with Crippen LogP contribution in [-0.2, 0) is 13.1 Å². The molecule has 0 atom stereocenters. The quantitative estimate of drug-likeness (QED) is 0.858. The number of benzene rings is 1. The Morgan fingerprint density at radius 3 is 2.43 bits per heavy atom. The molecular formula is C17H21N3O3. The predicted molar refractivity (Wildman–Crippen MR) is 86.6 cm³/mol. The average molecular weight is 315 g/mol. The maximum Gasteiger partial charge on any atom is 0.335 e. The highest BCUT2D eigenvalue weighted by atomic mass is 16.4. The number of aromatic carboxylic acids is 1. The van der Waals surface area contributed by atoms with E-state index in [-0.39, 0.29) is 11.5 Å². The first-order chi connectivity index (χ1) is 10.9. The van der Waals surface area contributed by atoms with Crippen LogP contribution < -0.4 is 5.32 Å². The van der Waals surface area contributed by atoms with E-state index in [4.69, 9.17) is 5.11 Å². The van der Waals surface area contributed by atoms with Gasteiger partial charge in [0.15, 0.2) is 0 Å². The van der Waals surface area contributed by atoms with E-state index in [1.54, 1.807) is 12.1 Å². The Balaban J connectivity index is 2.06. The Morgan fingerprint density at radius 2 is 1.87 bits per heavy atom. The second-order valence-corrected chi connectivity index (χ2v) is 5.45. The number of carboxylic acids is 1. The summed E-state index contributed by atoms with van der Waals surface area (Å²) in [6.07, 6.45) is 0.957. The van der Waals surface area contributed by atoms with E-state index < -0.39 is 5.97 Å². The minimum atomic E-state index is -0.963. The van der Waals surface area contributed by atoms with Crippen LogP contribution in [0.25, 0.3) is 0 Å². The van der Waals surface area contributed by atoms with E-state index in [1.165, 1.54) is 12.1 Å². The van der Waals surface area contributed by atoms with E-state index in [0.29, 0.717) is 12.1 Å². The summed E-state index contributed by atoms with van der Waals surface area (Å²) in [6.45, 7) is 6.92. The van der Waals surface area contributed by atoms with Gasteiger partial charge in [-0.15, -0.1) is 0 Å². The Hall–Kier alpha value is -2.63. The van der Waals surface area contributed by atoms with E-state index >= 15 is 0 Å². The van der Waals surface area contributed by atoms with Crippen LogP contribution in [0.5, 0.6) is 0 Å². The minimum Gasteiger partial charge on any atom is -0.478 e. The number of carbonyl (C=O) groups excluding carboxylic acids is 1. The Morgan fingerprint density at radius 1 is 1.22 bits per heavy atom. The van der Waals surface area contributed by atoms with Gasteiger partial charge in [0.05, 0.1) is 16.8 Å². The van der Waals surface area contributed by atoms with Crippen molar-refractivity contribution in [1.29, 1.82) is 0 Å². The zero-order valence-corrected chi connectivity index (χ0v) is 13.6. The monoisotopic (exact) mass is 315 g/mol. The van der Waals surface area contributed by atoms with Crippen LogP contribution in [0.4, 0.5) is 0 Å².